The van der Waals surface area contributed by atoms with Crippen LogP contribution in [0.3, 0.4) is 0 Å². The zero-order chi connectivity index (χ0) is 16.7. The van der Waals surface area contributed by atoms with E-state index in [0.717, 1.165) is 57.1 Å². The lowest BCUT2D eigenvalue weighted by Gasteiger charge is -2.43. The van der Waals surface area contributed by atoms with Gasteiger partial charge in [0.15, 0.2) is 0 Å². The fourth-order valence-electron chi connectivity index (χ4n) is 4.56. The summed E-state index contributed by atoms with van der Waals surface area (Å²) in [4.78, 5) is 7.05. The molecule has 1 aromatic rings. The molecule has 1 saturated heterocycles. The van der Waals surface area contributed by atoms with Crippen molar-refractivity contribution in [3.05, 3.63) is 17.7 Å². The molecular weight excluding hydrogens is 302 g/mol. The molecule has 3 atom stereocenters. The molecule has 0 N–H and O–H groups in total. The third kappa shape index (κ3) is 3.02. The van der Waals surface area contributed by atoms with E-state index in [1.54, 1.807) is 0 Å². The van der Waals surface area contributed by atoms with Crippen molar-refractivity contribution >= 4 is 0 Å². The predicted molar refractivity (Wildman–Crippen MR) is 92.8 cm³/mol. The zero-order valence-electron chi connectivity index (χ0n) is 15.3. The summed E-state index contributed by atoms with van der Waals surface area (Å²) in [6.07, 6.45) is 9.69. The Morgan fingerprint density at radius 1 is 1.29 bits per heavy atom. The van der Waals surface area contributed by atoms with E-state index in [0.29, 0.717) is 12.1 Å². The number of methoxy groups -OCH3 is 1. The Morgan fingerprint density at radius 2 is 2.12 bits per heavy atom. The molecule has 0 unspecified atom stereocenters. The number of hydrogen-bond donors (Lipinski definition) is 0. The second-order valence-corrected chi connectivity index (χ2v) is 8.03. The number of ether oxygens (including phenoxy) is 2. The third-order valence-electron chi connectivity index (χ3n) is 6.60. The van der Waals surface area contributed by atoms with Crippen LogP contribution >= 0.6 is 0 Å². The molecule has 134 valence electrons. The van der Waals surface area contributed by atoms with Gasteiger partial charge in [-0.3, -0.25) is 4.90 Å². The minimum absolute atomic E-state index is 0.0348. The number of aromatic nitrogens is 2. The van der Waals surface area contributed by atoms with Crippen molar-refractivity contribution in [3.63, 3.8) is 0 Å². The summed E-state index contributed by atoms with van der Waals surface area (Å²) in [5, 5.41) is 0. The molecule has 0 spiro atoms. The summed E-state index contributed by atoms with van der Waals surface area (Å²) >= 11 is 0. The lowest BCUT2D eigenvalue weighted by atomic mass is 9.79. The maximum atomic E-state index is 6.23. The minimum Gasteiger partial charge on any atom is -0.378 e. The summed E-state index contributed by atoms with van der Waals surface area (Å²) in [5.41, 5.74) is 1.33. The first-order valence-corrected chi connectivity index (χ1v) is 9.49. The summed E-state index contributed by atoms with van der Waals surface area (Å²) in [7, 11) is 4.01. The van der Waals surface area contributed by atoms with Gasteiger partial charge >= 0.3 is 0 Å². The van der Waals surface area contributed by atoms with Crippen molar-refractivity contribution in [2.75, 3.05) is 20.3 Å². The van der Waals surface area contributed by atoms with Crippen molar-refractivity contribution in [3.8, 4) is 0 Å². The Kier molecular flexibility index (Phi) is 4.43. The second-order valence-electron chi connectivity index (χ2n) is 8.03. The average Bonchev–Trinajstić information content (AvgIpc) is 3.30. The number of nitrogens with zero attached hydrogens (tertiary/aromatic N) is 3. The molecule has 2 saturated carbocycles. The van der Waals surface area contributed by atoms with Gasteiger partial charge in [0.2, 0.25) is 0 Å². The number of fused-ring (bicyclic) bond motifs is 1. The van der Waals surface area contributed by atoms with Gasteiger partial charge in [0.05, 0.1) is 17.4 Å². The van der Waals surface area contributed by atoms with E-state index in [-0.39, 0.29) is 5.60 Å². The normalized spacial score (nSPS) is 33.8. The van der Waals surface area contributed by atoms with Gasteiger partial charge in [-0.2, -0.15) is 0 Å². The smallest absolute Gasteiger partial charge is 0.105 e. The van der Waals surface area contributed by atoms with Crippen LogP contribution in [0.2, 0.25) is 0 Å². The van der Waals surface area contributed by atoms with E-state index in [1.165, 1.54) is 18.5 Å². The Bertz CT molecular complexity index is 583. The highest BCUT2D eigenvalue weighted by Crippen LogP contribution is 2.44. The summed E-state index contributed by atoms with van der Waals surface area (Å²) in [6.45, 7) is 5.11. The molecule has 0 aromatic carbocycles. The molecule has 5 heteroatoms. The molecule has 1 aliphatic heterocycles. The molecule has 3 fully saturated rings. The monoisotopic (exact) mass is 333 g/mol. The van der Waals surface area contributed by atoms with E-state index in [9.17, 15) is 0 Å². The van der Waals surface area contributed by atoms with Crippen LogP contribution in [-0.2, 0) is 23.1 Å². The second kappa shape index (κ2) is 6.43. The standard InChI is InChI=1S/C19H31N3O2/c1-14-20-11-16(21(14)2)12-22-9-8-19(23-3)7-6-17(10-18(19)22)24-13-15-4-5-15/h11,15,17-18H,4-10,12-13H2,1-3H3/t17-,18+,19-/m1/s1. The van der Waals surface area contributed by atoms with Crippen LogP contribution in [0.5, 0.6) is 0 Å². The van der Waals surface area contributed by atoms with Crippen molar-refractivity contribution < 1.29 is 9.47 Å². The maximum absolute atomic E-state index is 6.23. The van der Waals surface area contributed by atoms with Gasteiger partial charge in [-0.05, 0) is 51.4 Å². The first-order chi connectivity index (χ1) is 11.6. The van der Waals surface area contributed by atoms with Gasteiger partial charge in [-0.1, -0.05) is 0 Å². The van der Waals surface area contributed by atoms with Crippen LogP contribution in [0.25, 0.3) is 0 Å². The molecule has 1 aromatic heterocycles. The Labute approximate surface area is 145 Å². The van der Waals surface area contributed by atoms with Crippen molar-refractivity contribution in [1.29, 1.82) is 0 Å². The van der Waals surface area contributed by atoms with Crippen LogP contribution in [-0.4, -0.2) is 52.5 Å². The van der Waals surface area contributed by atoms with Crippen LogP contribution in [0.4, 0.5) is 0 Å². The largest absolute Gasteiger partial charge is 0.378 e. The van der Waals surface area contributed by atoms with Crippen LogP contribution in [0.15, 0.2) is 6.20 Å². The highest BCUT2D eigenvalue weighted by Gasteiger charge is 2.51. The van der Waals surface area contributed by atoms with Gasteiger partial charge in [0.25, 0.3) is 0 Å². The van der Waals surface area contributed by atoms with E-state index in [1.807, 2.05) is 13.3 Å². The molecule has 0 radical (unpaired) electrons. The molecule has 0 bridgehead atoms. The molecule has 5 nitrogen and oxygen atoms in total. The maximum Gasteiger partial charge on any atom is 0.105 e. The van der Waals surface area contributed by atoms with Gasteiger partial charge in [-0.15, -0.1) is 0 Å². The molecule has 3 aliphatic rings. The van der Waals surface area contributed by atoms with E-state index >= 15 is 0 Å². The fourth-order valence-corrected chi connectivity index (χ4v) is 4.56. The Hall–Kier alpha value is -0.910. The van der Waals surface area contributed by atoms with Gasteiger partial charge < -0.3 is 14.0 Å². The van der Waals surface area contributed by atoms with Crippen LogP contribution in [0.1, 0.15) is 50.0 Å². The average molecular weight is 333 g/mol. The highest BCUT2D eigenvalue weighted by atomic mass is 16.5. The van der Waals surface area contributed by atoms with Crippen molar-refractivity contribution in [2.45, 2.75) is 69.7 Å². The predicted octanol–water partition coefficient (Wildman–Crippen LogP) is 2.67. The number of imidazole rings is 1. The SMILES string of the molecule is CO[C@@]12CC[C@@H](OCC3CC3)C[C@@H]1N(Cc1cnc(C)n1C)CC2. The number of hydrogen-bond acceptors (Lipinski definition) is 4. The van der Waals surface area contributed by atoms with Gasteiger partial charge in [-0.25, -0.2) is 4.98 Å². The zero-order valence-corrected chi connectivity index (χ0v) is 15.3. The lowest BCUT2D eigenvalue weighted by Crippen LogP contribution is -2.51. The Balaban J connectivity index is 1.45. The molecule has 4 rings (SSSR count). The molecular formula is C19H31N3O2. The van der Waals surface area contributed by atoms with Gasteiger partial charge in [0.1, 0.15) is 5.82 Å². The van der Waals surface area contributed by atoms with Gasteiger partial charge in [0, 0.05) is 46.1 Å². The lowest BCUT2D eigenvalue weighted by molar-refractivity contribution is -0.103. The van der Waals surface area contributed by atoms with Crippen molar-refractivity contribution in [2.24, 2.45) is 13.0 Å². The third-order valence-corrected chi connectivity index (χ3v) is 6.60. The van der Waals surface area contributed by atoms with E-state index in [2.05, 4.69) is 28.4 Å². The summed E-state index contributed by atoms with van der Waals surface area (Å²) in [5.74, 6) is 1.92. The summed E-state index contributed by atoms with van der Waals surface area (Å²) in [6, 6.07) is 0.468. The first-order valence-electron chi connectivity index (χ1n) is 9.49. The molecule has 0 amide bonds. The summed E-state index contributed by atoms with van der Waals surface area (Å²) < 4.78 is 14.5. The first kappa shape index (κ1) is 16.6. The number of aryl methyl sites for hydroxylation is 1. The Morgan fingerprint density at radius 3 is 2.79 bits per heavy atom. The topological polar surface area (TPSA) is 39.5 Å². The quantitative estimate of drug-likeness (QED) is 0.802. The van der Waals surface area contributed by atoms with E-state index < -0.39 is 0 Å². The number of likely N-dealkylation sites (tertiary alicyclic amines) is 1. The number of rotatable bonds is 6. The van der Waals surface area contributed by atoms with E-state index in [4.69, 9.17) is 9.47 Å². The fraction of sp³-hybridized carbons (Fsp3) is 0.842. The van der Waals surface area contributed by atoms with Crippen LogP contribution in [0, 0.1) is 12.8 Å². The van der Waals surface area contributed by atoms with Crippen LogP contribution < -0.4 is 0 Å². The van der Waals surface area contributed by atoms with Crippen molar-refractivity contribution in [1.82, 2.24) is 14.5 Å². The molecule has 24 heavy (non-hydrogen) atoms. The molecule has 2 aliphatic carbocycles. The highest BCUT2D eigenvalue weighted by molar-refractivity contribution is 5.09. The molecule has 2 heterocycles. The minimum atomic E-state index is 0.0348.